The van der Waals surface area contributed by atoms with E-state index >= 15 is 0 Å². The fraction of sp³-hybridized carbons (Fsp3) is 0.423. The zero-order valence-electron chi connectivity index (χ0n) is 19.7. The minimum absolute atomic E-state index is 0.260. The van der Waals surface area contributed by atoms with Crippen LogP contribution in [0.25, 0.3) is 0 Å². The molecule has 1 saturated heterocycles. The number of carbonyl (C=O) groups excluding carboxylic acids is 3. The first-order valence-electron chi connectivity index (χ1n) is 11.4. The van der Waals surface area contributed by atoms with Gasteiger partial charge < -0.3 is 15.1 Å². The summed E-state index contributed by atoms with van der Waals surface area (Å²) >= 11 is 0. The van der Waals surface area contributed by atoms with E-state index in [1.54, 1.807) is 4.90 Å². The van der Waals surface area contributed by atoms with Gasteiger partial charge in [-0.25, -0.2) is 0 Å². The van der Waals surface area contributed by atoms with Crippen LogP contribution in [0.5, 0.6) is 0 Å². The second kappa shape index (κ2) is 11.7. The van der Waals surface area contributed by atoms with Gasteiger partial charge in [0.2, 0.25) is 11.7 Å². The molecule has 7 nitrogen and oxygen atoms in total. The van der Waals surface area contributed by atoms with Gasteiger partial charge in [-0.15, -0.1) is 0 Å². The van der Waals surface area contributed by atoms with Crippen molar-refractivity contribution in [3.8, 4) is 0 Å². The lowest BCUT2D eigenvalue weighted by atomic mass is 9.99. The van der Waals surface area contributed by atoms with Crippen molar-refractivity contribution in [2.45, 2.75) is 24.9 Å². The van der Waals surface area contributed by atoms with E-state index in [1.807, 2.05) is 86.7 Å². The van der Waals surface area contributed by atoms with Crippen molar-refractivity contribution in [1.82, 2.24) is 20.0 Å². The van der Waals surface area contributed by atoms with E-state index in [0.29, 0.717) is 19.5 Å². The number of Topliss-reactive ketones (excluding diaryl/α,β-unsaturated/α-hetero) is 1. The quantitative estimate of drug-likeness (QED) is 0.582. The third kappa shape index (κ3) is 6.97. The van der Waals surface area contributed by atoms with Crippen molar-refractivity contribution in [2.75, 3.05) is 47.3 Å². The smallest absolute Gasteiger partial charge is 0.292 e. The van der Waals surface area contributed by atoms with Crippen LogP contribution in [0.15, 0.2) is 60.7 Å². The molecule has 2 aromatic carbocycles. The summed E-state index contributed by atoms with van der Waals surface area (Å²) in [6, 6.07) is 17.9. The Labute approximate surface area is 196 Å². The number of piperazine rings is 1. The molecule has 7 heteroatoms. The number of amides is 2. The van der Waals surface area contributed by atoms with E-state index in [-0.39, 0.29) is 12.3 Å². The highest BCUT2D eigenvalue weighted by atomic mass is 16.2. The van der Waals surface area contributed by atoms with E-state index in [2.05, 4.69) is 10.2 Å². The van der Waals surface area contributed by atoms with Crippen LogP contribution >= 0.6 is 0 Å². The van der Waals surface area contributed by atoms with Crippen molar-refractivity contribution in [3.05, 3.63) is 71.8 Å². The van der Waals surface area contributed by atoms with Gasteiger partial charge in [0, 0.05) is 32.6 Å². The van der Waals surface area contributed by atoms with Crippen molar-refractivity contribution in [1.29, 1.82) is 0 Å². The molecule has 176 valence electrons. The maximum Gasteiger partial charge on any atom is 0.292 e. The van der Waals surface area contributed by atoms with Gasteiger partial charge in [0.1, 0.15) is 6.04 Å². The standard InChI is InChI=1S/C26H34N4O3/c1-28(2)23(19-21-12-8-5-9-13-21)25(32)27-22(18-20-10-6-4-7-11-20)24(31)26(33)30-16-14-29(3)15-17-30/h4-13,22-23H,14-19H2,1-3H3,(H,27,32). The topological polar surface area (TPSA) is 73.0 Å². The highest BCUT2D eigenvalue weighted by Gasteiger charge is 2.33. The molecule has 1 N–H and O–H groups in total. The average Bonchev–Trinajstić information content (AvgIpc) is 2.82. The Morgan fingerprint density at radius 2 is 1.36 bits per heavy atom. The molecule has 0 saturated carbocycles. The van der Waals surface area contributed by atoms with Gasteiger partial charge in [-0.05, 0) is 38.7 Å². The third-order valence-corrected chi connectivity index (χ3v) is 6.11. The SMILES string of the molecule is CN1CCN(C(=O)C(=O)C(Cc2ccccc2)NC(=O)C(Cc2ccccc2)N(C)C)CC1. The lowest BCUT2D eigenvalue weighted by Gasteiger charge is -2.33. The van der Waals surface area contributed by atoms with Crippen molar-refractivity contribution in [2.24, 2.45) is 0 Å². The third-order valence-electron chi connectivity index (χ3n) is 6.11. The Morgan fingerprint density at radius 1 is 0.848 bits per heavy atom. The van der Waals surface area contributed by atoms with Gasteiger partial charge in [-0.2, -0.15) is 0 Å². The summed E-state index contributed by atoms with van der Waals surface area (Å²) in [6.45, 7) is 2.49. The van der Waals surface area contributed by atoms with E-state index in [4.69, 9.17) is 0 Å². The number of benzene rings is 2. The molecule has 33 heavy (non-hydrogen) atoms. The highest BCUT2D eigenvalue weighted by molar-refractivity contribution is 6.38. The zero-order chi connectivity index (χ0) is 23.8. The van der Waals surface area contributed by atoms with Crippen LogP contribution < -0.4 is 5.32 Å². The molecular formula is C26H34N4O3. The fourth-order valence-electron chi connectivity index (χ4n) is 3.99. The van der Waals surface area contributed by atoms with E-state index in [0.717, 1.165) is 24.2 Å². The predicted molar refractivity (Wildman–Crippen MR) is 129 cm³/mol. The van der Waals surface area contributed by atoms with Crippen LogP contribution in [-0.4, -0.2) is 91.7 Å². The molecule has 1 aliphatic heterocycles. The van der Waals surface area contributed by atoms with E-state index in [9.17, 15) is 14.4 Å². The summed E-state index contributed by atoms with van der Waals surface area (Å²) in [5.41, 5.74) is 1.93. The molecule has 1 heterocycles. The van der Waals surface area contributed by atoms with Gasteiger partial charge in [0.05, 0.1) is 6.04 Å². The Kier molecular flexibility index (Phi) is 8.74. The first kappa shape index (κ1) is 24.6. The van der Waals surface area contributed by atoms with Gasteiger partial charge in [0.15, 0.2) is 0 Å². The molecule has 2 atom stereocenters. The summed E-state index contributed by atoms with van der Waals surface area (Å²) < 4.78 is 0. The molecule has 0 bridgehead atoms. The van der Waals surface area contributed by atoms with Crippen LogP contribution in [0.3, 0.4) is 0 Å². The van der Waals surface area contributed by atoms with Crippen molar-refractivity contribution in [3.63, 3.8) is 0 Å². The second-order valence-corrected chi connectivity index (χ2v) is 8.88. The van der Waals surface area contributed by atoms with Crippen LogP contribution in [0.2, 0.25) is 0 Å². The predicted octanol–water partition coefficient (Wildman–Crippen LogP) is 1.23. The Hall–Kier alpha value is -3.03. The number of nitrogens with one attached hydrogen (secondary N) is 1. The summed E-state index contributed by atoms with van der Waals surface area (Å²) in [4.78, 5) is 45.2. The van der Waals surface area contributed by atoms with Gasteiger partial charge in [-0.3, -0.25) is 19.3 Å². The molecule has 1 aliphatic rings. The number of hydrogen-bond donors (Lipinski definition) is 1. The minimum atomic E-state index is -0.912. The van der Waals surface area contributed by atoms with Crippen LogP contribution in [0, 0.1) is 0 Å². The van der Waals surface area contributed by atoms with E-state index in [1.165, 1.54) is 0 Å². The van der Waals surface area contributed by atoms with Crippen LogP contribution in [-0.2, 0) is 27.2 Å². The average molecular weight is 451 g/mol. The largest absolute Gasteiger partial charge is 0.344 e. The molecule has 0 radical (unpaired) electrons. The first-order valence-corrected chi connectivity index (χ1v) is 11.4. The zero-order valence-corrected chi connectivity index (χ0v) is 19.7. The molecule has 3 rings (SSSR count). The highest BCUT2D eigenvalue weighted by Crippen LogP contribution is 2.11. The molecule has 0 aromatic heterocycles. The summed E-state index contributed by atoms with van der Waals surface area (Å²) in [5, 5.41) is 2.91. The number of hydrogen-bond acceptors (Lipinski definition) is 5. The fourth-order valence-corrected chi connectivity index (χ4v) is 3.99. The molecule has 2 unspecified atom stereocenters. The van der Waals surface area contributed by atoms with Gasteiger partial charge in [-0.1, -0.05) is 60.7 Å². The number of nitrogens with zero attached hydrogens (tertiary/aromatic N) is 3. The lowest BCUT2D eigenvalue weighted by Crippen LogP contribution is -2.56. The van der Waals surface area contributed by atoms with E-state index < -0.39 is 23.8 Å². The number of ketones is 1. The molecule has 2 aromatic rings. The van der Waals surface area contributed by atoms with Crippen molar-refractivity contribution >= 4 is 17.6 Å². The number of likely N-dealkylation sites (N-methyl/N-ethyl adjacent to an activating group) is 2. The molecular weight excluding hydrogens is 416 g/mol. The molecule has 1 fully saturated rings. The molecule has 0 aliphatic carbocycles. The Balaban J connectivity index is 1.77. The molecule has 2 amide bonds. The summed E-state index contributed by atoms with van der Waals surface area (Å²) in [6.07, 6.45) is 0.786. The number of carbonyl (C=O) groups is 3. The van der Waals surface area contributed by atoms with Crippen LogP contribution in [0.4, 0.5) is 0 Å². The monoisotopic (exact) mass is 450 g/mol. The second-order valence-electron chi connectivity index (χ2n) is 8.88. The lowest BCUT2D eigenvalue weighted by molar-refractivity contribution is -0.147. The first-order chi connectivity index (χ1) is 15.8. The minimum Gasteiger partial charge on any atom is -0.344 e. The van der Waals surface area contributed by atoms with Gasteiger partial charge >= 0.3 is 0 Å². The summed E-state index contributed by atoms with van der Waals surface area (Å²) in [7, 11) is 5.68. The maximum absolute atomic E-state index is 13.3. The van der Waals surface area contributed by atoms with Crippen molar-refractivity contribution < 1.29 is 14.4 Å². The normalized spacial score (nSPS) is 16.3. The van der Waals surface area contributed by atoms with Gasteiger partial charge in [0.25, 0.3) is 5.91 Å². The number of rotatable bonds is 9. The Morgan fingerprint density at radius 3 is 1.88 bits per heavy atom. The summed E-state index contributed by atoms with van der Waals surface area (Å²) in [5.74, 6) is -1.34. The molecule has 0 spiro atoms. The van der Waals surface area contributed by atoms with Crippen LogP contribution in [0.1, 0.15) is 11.1 Å². The Bertz CT molecular complexity index is 925. The maximum atomic E-state index is 13.3.